The van der Waals surface area contributed by atoms with E-state index in [-0.39, 0.29) is 17.4 Å². The molecule has 7 nitrogen and oxygen atoms in total. The van der Waals surface area contributed by atoms with Crippen molar-refractivity contribution in [1.82, 2.24) is 10.6 Å². The van der Waals surface area contributed by atoms with E-state index in [1.54, 1.807) is 6.07 Å². The van der Waals surface area contributed by atoms with Crippen molar-refractivity contribution < 1.29 is 25.2 Å². The minimum Gasteiger partial charge on any atom is -0.504 e. The molecule has 1 aromatic rings. The number of aromatic hydroxyl groups is 2. The Labute approximate surface area is 166 Å². The maximum absolute atomic E-state index is 11.0. The number of piperidine rings is 1. The molecule has 28 heavy (non-hydrogen) atoms. The van der Waals surface area contributed by atoms with Gasteiger partial charge in [0.25, 0.3) is 0 Å². The van der Waals surface area contributed by atoms with Crippen molar-refractivity contribution in [2.75, 3.05) is 13.1 Å². The summed E-state index contributed by atoms with van der Waals surface area (Å²) < 4.78 is 0. The van der Waals surface area contributed by atoms with Crippen LogP contribution in [-0.4, -0.2) is 51.6 Å². The summed E-state index contributed by atoms with van der Waals surface area (Å²) in [6.45, 7) is 5.47. The molecule has 2 aliphatic rings. The number of hydrogen-bond acceptors (Lipinski definition) is 6. The molecule has 1 saturated carbocycles. The van der Waals surface area contributed by atoms with Crippen molar-refractivity contribution in [2.45, 2.75) is 64.1 Å². The molecule has 4 unspecified atom stereocenters. The highest BCUT2D eigenvalue weighted by molar-refractivity contribution is 5.70. The minimum atomic E-state index is -0.682. The third kappa shape index (κ3) is 6.36. The monoisotopic (exact) mass is 394 g/mol. The van der Waals surface area contributed by atoms with Crippen LogP contribution in [0.4, 0.5) is 0 Å². The van der Waals surface area contributed by atoms with Crippen LogP contribution in [0.3, 0.4) is 0 Å². The van der Waals surface area contributed by atoms with Crippen LogP contribution in [0.5, 0.6) is 11.5 Å². The number of phenols is 2. The van der Waals surface area contributed by atoms with Crippen molar-refractivity contribution in [1.29, 1.82) is 0 Å². The number of carboxylic acid groups (broad SMARTS) is 1. The Balaban J connectivity index is 0.000000202. The zero-order chi connectivity index (χ0) is 20.7. The van der Waals surface area contributed by atoms with Gasteiger partial charge >= 0.3 is 5.97 Å². The Morgan fingerprint density at radius 2 is 1.93 bits per heavy atom. The summed E-state index contributed by atoms with van der Waals surface area (Å²) in [5.74, 6) is -0.649. The Morgan fingerprint density at radius 3 is 2.57 bits per heavy atom. The molecule has 0 bridgehead atoms. The van der Waals surface area contributed by atoms with Crippen LogP contribution in [0.15, 0.2) is 18.2 Å². The molecule has 4 atom stereocenters. The van der Waals surface area contributed by atoms with Crippen LogP contribution in [0, 0.1) is 11.8 Å². The summed E-state index contributed by atoms with van der Waals surface area (Å²) in [6, 6.07) is 5.10. The highest BCUT2D eigenvalue weighted by atomic mass is 16.4. The van der Waals surface area contributed by atoms with Crippen LogP contribution in [0.25, 0.3) is 0 Å². The first-order valence-electron chi connectivity index (χ1n) is 10.2. The summed E-state index contributed by atoms with van der Waals surface area (Å²) in [6.07, 6.45) is 4.70. The Kier molecular flexibility index (Phi) is 8.54. The van der Waals surface area contributed by atoms with Crippen LogP contribution in [0.2, 0.25) is 0 Å². The lowest BCUT2D eigenvalue weighted by Gasteiger charge is -2.40. The fourth-order valence-electron chi connectivity index (χ4n) is 4.07. The molecule has 0 spiro atoms. The summed E-state index contributed by atoms with van der Waals surface area (Å²) in [5, 5.41) is 43.6. The Hall–Kier alpha value is -1.83. The molecule has 2 fully saturated rings. The van der Waals surface area contributed by atoms with Gasteiger partial charge in [-0.25, -0.2) is 0 Å². The molecule has 0 aromatic heterocycles. The number of aliphatic hydroxyl groups excluding tert-OH is 1. The topological polar surface area (TPSA) is 122 Å². The molecule has 6 N–H and O–H groups in total. The molecule has 0 radical (unpaired) electrons. The maximum Gasteiger partial charge on any atom is 0.306 e. The first kappa shape index (κ1) is 22.5. The number of aliphatic carboxylic acids is 1. The zero-order valence-electron chi connectivity index (χ0n) is 16.8. The van der Waals surface area contributed by atoms with Crippen molar-refractivity contribution in [2.24, 2.45) is 11.8 Å². The van der Waals surface area contributed by atoms with Gasteiger partial charge < -0.3 is 31.1 Å². The van der Waals surface area contributed by atoms with Gasteiger partial charge in [-0.05, 0) is 55.8 Å². The highest BCUT2D eigenvalue weighted by Gasteiger charge is 2.38. The van der Waals surface area contributed by atoms with Crippen LogP contribution < -0.4 is 10.6 Å². The largest absolute Gasteiger partial charge is 0.504 e. The van der Waals surface area contributed by atoms with Crippen LogP contribution in [0.1, 0.15) is 57.6 Å². The zero-order valence-corrected chi connectivity index (χ0v) is 16.8. The van der Waals surface area contributed by atoms with Gasteiger partial charge in [0.1, 0.15) is 0 Å². The number of benzene rings is 1. The first-order chi connectivity index (χ1) is 13.3. The fourth-order valence-corrected chi connectivity index (χ4v) is 4.07. The second-order valence-corrected chi connectivity index (χ2v) is 8.07. The number of carbonyl (C=O) groups is 1. The van der Waals surface area contributed by atoms with E-state index >= 15 is 0 Å². The van der Waals surface area contributed by atoms with Crippen LogP contribution >= 0.6 is 0 Å². The van der Waals surface area contributed by atoms with Crippen molar-refractivity contribution in [3.05, 3.63) is 23.8 Å². The number of nitrogens with one attached hydrogen (secondary N) is 2. The molecule has 1 heterocycles. The van der Waals surface area contributed by atoms with E-state index in [2.05, 4.69) is 10.6 Å². The number of phenolic OH excluding ortho intramolecular Hbond substituents is 2. The van der Waals surface area contributed by atoms with Gasteiger partial charge in [-0.3, -0.25) is 4.79 Å². The van der Waals surface area contributed by atoms with E-state index in [1.807, 2.05) is 13.8 Å². The van der Waals surface area contributed by atoms with Gasteiger partial charge in [-0.1, -0.05) is 26.3 Å². The van der Waals surface area contributed by atoms with Gasteiger partial charge in [0, 0.05) is 18.6 Å². The number of aliphatic hydroxyl groups is 1. The van der Waals surface area contributed by atoms with Gasteiger partial charge in [0.2, 0.25) is 0 Å². The predicted octanol–water partition coefficient (Wildman–Crippen LogP) is 2.37. The van der Waals surface area contributed by atoms with Crippen molar-refractivity contribution in [3.8, 4) is 11.5 Å². The summed E-state index contributed by atoms with van der Waals surface area (Å²) >= 11 is 0. The average molecular weight is 395 g/mol. The predicted molar refractivity (Wildman–Crippen MR) is 107 cm³/mol. The van der Waals surface area contributed by atoms with Gasteiger partial charge in [0.05, 0.1) is 12.0 Å². The quantitative estimate of drug-likeness (QED) is 0.424. The minimum absolute atomic E-state index is 0.0773. The molecular weight excluding hydrogens is 360 g/mol. The second-order valence-electron chi connectivity index (χ2n) is 8.07. The smallest absolute Gasteiger partial charge is 0.306 e. The molecular formula is C21H34N2O5. The lowest BCUT2D eigenvalue weighted by molar-refractivity contribution is -0.146. The van der Waals surface area contributed by atoms with E-state index in [9.17, 15) is 15.0 Å². The Bertz CT molecular complexity index is 635. The number of carboxylic acids is 1. The molecule has 158 valence electrons. The first-order valence-corrected chi connectivity index (χ1v) is 10.2. The molecule has 1 aliphatic heterocycles. The maximum atomic E-state index is 11.0. The number of fused-ring (bicyclic) bond motifs is 1. The van der Waals surface area contributed by atoms with Gasteiger partial charge in [-0.15, -0.1) is 0 Å². The van der Waals surface area contributed by atoms with Gasteiger partial charge in [-0.2, -0.15) is 0 Å². The van der Waals surface area contributed by atoms with E-state index in [4.69, 9.17) is 10.2 Å². The van der Waals surface area contributed by atoms with E-state index in [1.165, 1.54) is 18.6 Å². The molecule has 1 aromatic carbocycles. The molecule has 1 saturated heterocycles. The lowest BCUT2D eigenvalue weighted by atomic mass is 9.72. The standard InChI is InChI=1S/C11H17NO3.C10H17NO2/c1-7(2)12-6-11(15)8-3-4-9(13)10(14)5-8;12-10(13)8-3-1-5-9-7(8)4-2-6-11-9/h3-5,7,11-15H,6H2,1-2H3;7-9,11H,1-6H2,(H,12,13). The SMILES string of the molecule is CC(C)NCC(O)c1ccc(O)c(O)c1.O=C(O)C1CCCC2NCCCC21. The summed E-state index contributed by atoms with van der Waals surface area (Å²) in [5.41, 5.74) is 0.582. The van der Waals surface area contributed by atoms with E-state index in [0.717, 1.165) is 32.2 Å². The van der Waals surface area contributed by atoms with E-state index in [0.29, 0.717) is 30.1 Å². The average Bonchev–Trinajstić information content (AvgIpc) is 2.68. The molecule has 7 heteroatoms. The Morgan fingerprint density at radius 1 is 1.18 bits per heavy atom. The summed E-state index contributed by atoms with van der Waals surface area (Å²) in [7, 11) is 0. The summed E-state index contributed by atoms with van der Waals surface area (Å²) in [4.78, 5) is 11.0. The van der Waals surface area contributed by atoms with E-state index < -0.39 is 12.1 Å². The molecule has 0 amide bonds. The van der Waals surface area contributed by atoms with Crippen LogP contribution in [-0.2, 0) is 4.79 Å². The molecule has 3 rings (SSSR count). The fraction of sp³-hybridized carbons (Fsp3) is 0.667. The molecule has 1 aliphatic carbocycles. The number of rotatable bonds is 5. The third-order valence-electron chi connectivity index (χ3n) is 5.61. The highest BCUT2D eigenvalue weighted by Crippen LogP contribution is 2.35. The van der Waals surface area contributed by atoms with Crippen molar-refractivity contribution >= 4 is 5.97 Å². The van der Waals surface area contributed by atoms with Crippen molar-refractivity contribution in [3.63, 3.8) is 0 Å². The second kappa shape index (κ2) is 10.6. The lowest BCUT2D eigenvalue weighted by Crippen LogP contribution is -2.48. The third-order valence-corrected chi connectivity index (χ3v) is 5.61. The number of hydrogen-bond donors (Lipinski definition) is 6. The normalized spacial score (nSPS) is 25.4. The van der Waals surface area contributed by atoms with Gasteiger partial charge in [0.15, 0.2) is 11.5 Å².